The summed E-state index contributed by atoms with van der Waals surface area (Å²) in [4.78, 5) is 22.3. The molecular formula is C10H17NO3. The van der Waals surface area contributed by atoms with Gasteiger partial charge in [-0.1, -0.05) is 20.8 Å². The maximum Gasteiger partial charge on any atom is 0.307 e. The zero-order valence-corrected chi connectivity index (χ0v) is 8.83. The van der Waals surface area contributed by atoms with Gasteiger partial charge in [0.15, 0.2) is 0 Å². The summed E-state index contributed by atoms with van der Waals surface area (Å²) in [6, 6.07) is 0. The summed E-state index contributed by atoms with van der Waals surface area (Å²) < 4.78 is 0. The average Bonchev–Trinajstić information content (AvgIpc) is 2.65. The summed E-state index contributed by atoms with van der Waals surface area (Å²) in [6.45, 7) is 6.23. The summed E-state index contributed by atoms with van der Waals surface area (Å²) in [6.07, 6.45) is 0.872. The minimum Gasteiger partial charge on any atom is -0.481 e. The van der Waals surface area contributed by atoms with E-state index in [0.717, 1.165) is 6.42 Å². The maximum absolute atomic E-state index is 11.5. The minimum absolute atomic E-state index is 0.121. The van der Waals surface area contributed by atoms with Gasteiger partial charge in [-0.15, -0.1) is 0 Å². The van der Waals surface area contributed by atoms with E-state index in [1.807, 2.05) is 20.8 Å². The smallest absolute Gasteiger partial charge is 0.307 e. The fourth-order valence-electron chi connectivity index (χ4n) is 1.95. The molecular weight excluding hydrogens is 182 g/mol. The van der Waals surface area contributed by atoms with Crippen molar-refractivity contribution < 1.29 is 14.7 Å². The summed E-state index contributed by atoms with van der Waals surface area (Å²) in [7, 11) is 0. The fourth-order valence-corrected chi connectivity index (χ4v) is 1.95. The predicted molar refractivity (Wildman–Crippen MR) is 51.7 cm³/mol. The second-order valence-electron chi connectivity index (χ2n) is 4.41. The molecule has 4 nitrogen and oxygen atoms in total. The number of carboxylic acids is 1. The molecule has 0 bridgehead atoms. The number of carboxylic acid groups (broad SMARTS) is 1. The van der Waals surface area contributed by atoms with Crippen LogP contribution in [0.2, 0.25) is 0 Å². The Morgan fingerprint density at radius 2 is 1.93 bits per heavy atom. The van der Waals surface area contributed by atoms with Gasteiger partial charge in [-0.25, -0.2) is 0 Å². The van der Waals surface area contributed by atoms with E-state index >= 15 is 0 Å². The summed E-state index contributed by atoms with van der Waals surface area (Å²) in [5, 5.41) is 11.6. The Morgan fingerprint density at radius 3 is 2.29 bits per heavy atom. The molecule has 0 saturated heterocycles. The third kappa shape index (κ3) is 1.74. The van der Waals surface area contributed by atoms with Crippen LogP contribution in [-0.4, -0.2) is 23.5 Å². The molecule has 1 aliphatic carbocycles. The molecule has 0 aromatic heterocycles. The first kappa shape index (κ1) is 11.0. The number of carbonyl (C=O) groups excluding carboxylic acids is 1. The molecule has 0 aliphatic heterocycles. The highest BCUT2D eigenvalue weighted by Gasteiger charge is 2.65. The van der Waals surface area contributed by atoms with Crippen LogP contribution in [0.1, 0.15) is 27.2 Å². The van der Waals surface area contributed by atoms with Gasteiger partial charge in [0.2, 0.25) is 5.91 Å². The Kier molecular flexibility index (Phi) is 2.83. The third-order valence-electron chi connectivity index (χ3n) is 2.93. The van der Waals surface area contributed by atoms with E-state index in [-0.39, 0.29) is 17.2 Å². The number of rotatable bonds is 4. The molecule has 2 N–H and O–H groups in total. The molecule has 4 heteroatoms. The molecule has 1 aliphatic rings. The first-order valence-electron chi connectivity index (χ1n) is 4.93. The molecule has 0 aromatic carbocycles. The number of carbonyl (C=O) groups is 2. The lowest BCUT2D eigenvalue weighted by Crippen LogP contribution is -2.27. The summed E-state index contributed by atoms with van der Waals surface area (Å²) in [5.41, 5.74) is -0.385. The molecule has 0 radical (unpaired) electrons. The van der Waals surface area contributed by atoms with Gasteiger partial charge in [-0.05, 0) is 11.8 Å². The van der Waals surface area contributed by atoms with Crippen molar-refractivity contribution in [2.24, 2.45) is 17.3 Å². The maximum atomic E-state index is 11.5. The zero-order valence-electron chi connectivity index (χ0n) is 8.83. The van der Waals surface area contributed by atoms with Gasteiger partial charge in [0.25, 0.3) is 0 Å². The Bertz CT molecular complexity index is 260. The van der Waals surface area contributed by atoms with Crippen LogP contribution in [0.25, 0.3) is 0 Å². The fraction of sp³-hybridized carbons (Fsp3) is 0.800. The Labute approximate surface area is 83.7 Å². The van der Waals surface area contributed by atoms with Gasteiger partial charge in [0.1, 0.15) is 0 Å². The normalized spacial score (nSPS) is 28.2. The van der Waals surface area contributed by atoms with Crippen LogP contribution >= 0.6 is 0 Å². The Morgan fingerprint density at radius 1 is 1.36 bits per heavy atom. The van der Waals surface area contributed by atoms with Gasteiger partial charge in [0, 0.05) is 6.54 Å². The second-order valence-corrected chi connectivity index (χ2v) is 4.41. The number of aliphatic carboxylic acids is 1. The van der Waals surface area contributed by atoms with Crippen molar-refractivity contribution in [2.45, 2.75) is 27.2 Å². The molecule has 2 atom stereocenters. The number of nitrogens with one attached hydrogen (secondary N) is 1. The number of hydrogen-bond donors (Lipinski definition) is 2. The van der Waals surface area contributed by atoms with Gasteiger partial charge in [-0.3, -0.25) is 9.59 Å². The monoisotopic (exact) mass is 199 g/mol. The van der Waals surface area contributed by atoms with Crippen LogP contribution in [-0.2, 0) is 9.59 Å². The highest BCUT2D eigenvalue weighted by Crippen LogP contribution is 2.58. The predicted octanol–water partition coefficient (Wildman–Crippen LogP) is 0.869. The molecule has 1 amide bonds. The lowest BCUT2D eigenvalue weighted by atomic mass is 10.1. The molecule has 2 unspecified atom stereocenters. The molecule has 80 valence electrons. The Hall–Kier alpha value is -1.06. The molecule has 1 fully saturated rings. The van der Waals surface area contributed by atoms with E-state index in [1.165, 1.54) is 0 Å². The van der Waals surface area contributed by atoms with Crippen LogP contribution in [0.4, 0.5) is 0 Å². The highest BCUT2D eigenvalue weighted by molar-refractivity contribution is 5.91. The summed E-state index contributed by atoms with van der Waals surface area (Å²) in [5.74, 6) is -1.86. The molecule has 0 spiro atoms. The molecule has 1 saturated carbocycles. The van der Waals surface area contributed by atoms with Gasteiger partial charge in [-0.2, -0.15) is 0 Å². The average molecular weight is 199 g/mol. The van der Waals surface area contributed by atoms with E-state index in [1.54, 1.807) is 0 Å². The second kappa shape index (κ2) is 3.59. The van der Waals surface area contributed by atoms with E-state index in [9.17, 15) is 9.59 Å². The van der Waals surface area contributed by atoms with Crippen molar-refractivity contribution in [3.63, 3.8) is 0 Å². The van der Waals surface area contributed by atoms with Gasteiger partial charge < -0.3 is 10.4 Å². The molecule has 1 rings (SSSR count). The first-order chi connectivity index (χ1) is 6.42. The lowest BCUT2D eigenvalue weighted by Gasteiger charge is -2.03. The van der Waals surface area contributed by atoms with E-state index in [0.29, 0.717) is 6.54 Å². The summed E-state index contributed by atoms with van der Waals surface area (Å²) >= 11 is 0. The van der Waals surface area contributed by atoms with Crippen LogP contribution in [0.3, 0.4) is 0 Å². The van der Waals surface area contributed by atoms with Crippen molar-refractivity contribution in [1.82, 2.24) is 5.32 Å². The Balaban J connectivity index is 2.55. The van der Waals surface area contributed by atoms with Crippen molar-refractivity contribution in [3.8, 4) is 0 Å². The quantitative estimate of drug-likeness (QED) is 0.706. The largest absolute Gasteiger partial charge is 0.481 e. The van der Waals surface area contributed by atoms with Crippen LogP contribution < -0.4 is 5.32 Å². The lowest BCUT2D eigenvalue weighted by molar-refractivity contribution is -0.140. The van der Waals surface area contributed by atoms with Crippen LogP contribution in [0, 0.1) is 17.3 Å². The first-order valence-corrected chi connectivity index (χ1v) is 4.93. The molecule has 0 heterocycles. The number of amides is 1. The third-order valence-corrected chi connectivity index (χ3v) is 2.93. The standard InChI is InChI=1S/C10H17NO3/c1-4-5-11-8(12)6-7(9(13)14)10(6,2)3/h6-7H,4-5H2,1-3H3,(H,11,12)(H,13,14). The van der Waals surface area contributed by atoms with Crippen molar-refractivity contribution in [3.05, 3.63) is 0 Å². The SMILES string of the molecule is CCCNC(=O)C1C(C(=O)O)C1(C)C. The van der Waals surface area contributed by atoms with Crippen LogP contribution in [0.5, 0.6) is 0 Å². The van der Waals surface area contributed by atoms with Crippen molar-refractivity contribution in [1.29, 1.82) is 0 Å². The topological polar surface area (TPSA) is 66.4 Å². The van der Waals surface area contributed by atoms with Crippen molar-refractivity contribution >= 4 is 11.9 Å². The number of hydrogen-bond acceptors (Lipinski definition) is 2. The van der Waals surface area contributed by atoms with E-state index in [2.05, 4.69) is 5.32 Å². The van der Waals surface area contributed by atoms with E-state index < -0.39 is 11.9 Å². The molecule has 0 aromatic rings. The molecule has 14 heavy (non-hydrogen) atoms. The van der Waals surface area contributed by atoms with Gasteiger partial charge >= 0.3 is 5.97 Å². The minimum atomic E-state index is -0.869. The zero-order chi connectivity index (χ0) is 10.9. The van der Waals surface area contributed by atoms with Crippen LogP contribution in [0.15, 0.2) is 0 Å². The van der Waals surface area contributed by atoms with Gasteiger partial charge in [0.05, 0.1) is 11.8 Å². The highest BCUT2D eigenvalue weighted by atomic mass is 16.4. The van der Waals surface area contributed by atoms with Crippen molar-refractivity contribution in [2.75, 3.05) is 6.54 Å². The van der Waals surface area contributed by atoms with E-state index in [4.69, 9.17) is 5.11 Å².